The van der Waals surface area contributed by atoms with Crippen LogP contribution in [0.15, 0.2) is 0 Å². The van der Waals surface area contributed by atoms with Crippen LogP contribution in [0.2, 0.25) is 0 Å². The van der Waals surface area contributed by atoms with Crippen molar-refractivity contribution in [2.24, 2.45) is 11.8 Å². The van der Waals surface area contributed by atoms with Crippen LogP contribution in [0.3, 0.4) is 0 Å². The maximum Gasteiger partial charge on any atom is 0.317 e. The summed E-state index contributed by atoms with van der Waals surface area (Å²) in [6.45, 7) is 2.12. The molecule has 2 N–H and O–H groups in total. The quantitative estimate of drug-likeness (QED) is 0.788. The van der Waals surface area contributed by atoms with E-state index in [0.717, 1.165) is 25.9 Å². The Bertz CT molecular complexity index is 381. The first kappa shape index (κ1) is 12.7. The summed E-state index contributed by atoms with van der Waals surface area (Å²) in [5, 5.41) is 12.1. The fourth-order valence-electron chi connectivity index (χ4n) is 3.64. The Hall–Kier alpha value is -1.30. The zero-order valence-corrected chi connectivity index (χ0v) is 10.9. The van der Waals surface area contributed by atoms with Gasteiger partial charge >= 0.3 is 12.0 Å². The highest BCUT2D eigenvalue weighted by atomic mass is 16.5. The summed E-state index contributed by atoms with van der Waals surface area (Å²) in [5.41, 5.74) is 0. The molecule has 3 saturated heterocycles. The van der Waals surface area contributed by atoms with Gasteiger partial charge in [-0.2, -0.15) is 0 Å². The number of urea groups is 1. The minimum atomic E-state index is -0.769. The van der Waals surface area contributed by atoms with Gasteiger partial charge in [-0.15, -0.1) is 0 Å². The number of fused-ring (bicyclic) bond motifs is 2. The molecule has 3 aliphatic heterocycles. The fourth-order valence-corrected chi connectivity index (χ4v) is 3.64. The lowest BCUT2D eigenvalue weighted by Gasteiger charge is -2.24. The van der Waals surface area contributed by atoms with E-state index >= 15 is 0 Å². The van der Waals surface area contributed by atoms with Crippen LogP contribution in [0.4, 0.5) is 4.79 Å². The molecule has 0 spiro atoms. The van der Waals surface area contributed by atoms with Crippen LogP contribution in [0.5, 0.6) is 0 Å². The average Bonchev–Trinajstić information content (AvgIpc) is 3.11. The normalized spacial score (nSPS) is 36.7. The van der Waals surface area contributed by atoms with Gasteiger partial charge in [0.1, 0.15) is 0 Å². The zero-order valence-electron chi connectivity index (χ0n) is 10.9. The Balaban J connectivity index is 1.56. The Labute approximate surface area is 112 Å². The summed E-state index contributed by atoms with van der Waals surface area (Å²) >= 11 is 0. The summed E-state index contributed by atoms with van der Waals surface area (Å²) in [6.07, 6.45) is 3.36. The van der Waals surface area contributed by atoms with Crippen molar-refractivity contribution in [1.82, 2.24) is 10.2 Å². The fraction of sp³-hybridized carbons (Fsp3) is 0.846. The molecule has 0 saturated carbocycles. The van der Waals surface area contributed by atoms with Gasteiger partial charge in [0, 0.05) is 31.2 Å². The first-order chi connectivity index (χ1) is 9.16. The summed E-state index contributed by atoms with van der Waals surface area (Å²) in [4.78, 5) is 25.1. The van der Waals surface area contributed by atoms with E-state index in [-0.39, 0.29) is 24.0 Å². The molecule has 0 aromatic carbocycles. The van der Waals surface area contributed by atoms with Crippen LogP contribution in [-0.2, 0) is 9.53 Å². The van der Waals surface area contributed by atoms with E-state index in [1.807, 2.05) is 0 Å². The van der Waals surface area contributed by atoms with Gasteiger partial charge in [0.25, 0.3) is 0 Å². The van der Waals surface area contributed by atoms with Crippen molar-refractivity contribution in [3.63, 3.8) is 0 Å². The maximum absolute atomic E-state index is 12.2. The predicted octanol–water partition coefficient (Wildman–Crippen LogP) is 0.670. The molecule has 4 atom stereocenters. The number of carbonyl (C=O) groups is 2. The Kier molecular flexibility index (Phi) is 3.35. The smallest absolute Gasteiger partial charge is 0.317 e. The van der Waals surface area contributed by atoms with E-state index in [0.29, 0.717) is 25.5 Å². The number of ether oxygens (including phenoxy) is 1. The molecule has 106 valence electrons. The highest BCUT2D eigenvalue weighted by molar-refractivity contribution is 5.79. The number of nitrogens with zero attached hydrogens (tertiary/aromatic N) is 1. The monoisotopic (exact) mass is 268 g/mol. The molecule has 3 heterocycles. The maximum atomic E-state index is 12.2. The highest BCUT2D eigenvalue weighted by Gasteiger charge is 2.51. The first-order valence-corrected chi connectivity index (χ1v) is 7.03. The van der Waals surface area contributed by atoms with E-state index in [9.17, 15) is 9.59 Å². The number of hydrogen-bond donors (Lipinski definition) is 2. The standard InChI is InChI=1S/C13H20N2O4/c16-12(17)10-5-9-1-2-11(10)15(9)13(18)14-6-8-3-4-19-7-8/h8-11H,1-7H2,(H,14,18)(H,16,17). The van der Waals surface area contributed by atoms with E-state index in [1.54, 1.807) is 4.90 Å². The minimum Gasteiger partial charge on any atom is -0.481 e. The predicted molar refractivity (Wildman–Crippen MR) is 66.7 cm³/mol. The van der Waals surface area contributed by atoms with Crippen molar-refractivity contribution in [3.8, 4) is 0 Å². The zero-order chi connectivity index (χ0) is 13.4. The van der Waals surface area contributed by atoms with E-state index in [2.05, 4.69) is 5.32 Å². The second-order valence-electron chi connectivity index (χ2n) is 5.80. The van der Waals surface area contributed by atoms with Crippen molar-refractivity contribution in [2.75, 3.05) is 19.8 Å². The molecule has 0 aromatic rings. The van der Waals surface area contributed by atoms with E-state index in [1.165, 1.54) is 0 Å². The molecule has 0 radical (unpaired) electrons. The number of aliphatic carboxylic acids is 1. The highest BCUT2D eigenvalue weighted by Crippen LogP contribution is 2.41. The molecular weight excluding hydrogens is 248 g/mol. The molecule has 0 aromatic heterocycles. The summed E-state index contributed by atoms with van der Waals surface area (Å²) in [6, 6.07) is -0.0867. The molecule has 19 heavy (non-hydrogen) atoms. The number of carbonyl (C=O) groups excluding carboxylic acids is 1. The van der Waals surface area contributed by atoms with Gasteiger partial charge in [-0.1, -0.05) is 0 Å². The third-order valence-corrected chi connectivity index (χ3v) is 4.65. The van der Waals surface area contributed by atoms with Crippen LogP contribution in [0.25, 0.3) is 0 Å². The number of nitrogens with one attached hydrogen (secondary N) is 1. The molecule has 3 fully saturated rings. The lowest BCUT2D eigenvalue weighted by atomic mass is 9.89. The number of carboxylic acids is 1. The Morgan fingerprint density at radius 2 is 2.16 bits per heavy atom. The second kappa shape index (κ2) is 5.00. The van der Waals surface area contributed by atoms with Crippen LogP contribution in [0.1, 0.15) is 25.7 Å². The molecule has 4 unspecified atom stereocenters. The number of rotatable bonds is 3. The molecule has 2 bridgehead atoms. The molecular formula is C13H20N2O4. The number of amides is 2. The second-order valence-corrected chi connectivity index (χ2v) is 5.80. The Morgan fingerprint density at radius 3 is 2.79 bits per heavy atom. The van der Waals surface area contributed by atoms with Crippen LogP contribution in [-0.4, -0.2) is 53.8 Å². The van der Waals surface area contributed by atoms with E-state index in [4.69, 9.17) is 9.84 Å². The third-order valence-electron chi connectivity index (χ3n) is 4.65. The van der Waals surface area contributed by atoms with Crippen molar-refractivity contribution >= 4 is 12.0 Å². The van der Waals surface area contributed by atoms with Gasteiger partial charge in [-0.3, -0.25) is 4.79 Å². The van der Waals surface area contributed by atoms with Gasteiger partial charge in [-0.05, 0) is 25.7 Å². The Morgan fingerprint density at radius 1 is 1.32 bits per heavy atom. The van der Waals surface area contributed by atoms with Gasteiger partial charge in [0.15, 0.2) is 0 Å². The topological polar surface area (TPSA) is 78.9 Å². The van der Waals surface area contributed by atoms with Crippen LogP contribution >= 0.6 is 0 Å². The summed E-state index contributed by atoms with van der Waals surface area (Å²) in [5.74, 6) is -0.743. The van der Waals surface area contributed by atoms with Crippen molar-refractivity contribution in [1.29, 1.82) is 0 Å². The molecule has 6 heteroatoms. The minimum absolute atomic E-state index is 0.0943. The van der Waals surface area contributed by atoms with Crippen molar-refractivity contribution in [3.05, 3.63) is 0 Å². The van der Waals surface area contributed by atoms with Crippen LogP contribution < -0.4 is 5.32 Å². The lowest BCUT2D eigenvalue weighted by molar-refractivity contribution is -0.142. The lowest BCUT2D eigenvalue weighted by Crippen LogP contribution is -2.45. The molecule has 3 aliphatic rings. The van der Waals surface area contributed by atoms with Crippen molar-refractivity contribution < 1.29 is 19.4 Å². The number of hydrogen-bond acceptors (Lipinski definition) is 3. The molecule has 6 nitrogen and oxygen atoms in total. The first-order valence-electron chi connectivity index (χ1n) is 7.03. The average molecular weight is 268 g/mol. The van der Waals surface area contributed by atoms with Crippen molar-refractivity contribution in [2.45, 2.75) is 37.8 Å². The number of carboxylic acid groups (broad SMARTS) is 1. The molecule has 0 aliphatic carbocycles. The van der Waals surface area contributed by atoms with Gasteiger partial charge in [0.2, 0.25) is 0 Å². The largest absolute Gasteiger partial charge is 0.481 e. The summed E-state index contributed by atoms with van der Waals surface area (Å²) in [7, 11) is 0. The molecule has 3 rings (SSSR count). The van der Waals surface area contributed by atoms with Gasteiger partial charge in [-0.25, -0.2) is 4.79 Å². The van der Waals surface area contributed by atoms with E-state index < -0.39 is 5.97 Å². The molecule has 2 amide bonds. The van der Waals surface area contributed by atoms with Gasteiger partial charge < -0.3 is 20.1 Å². The van der Waals surface area contributed by atoms with Crippen LogP contribution in [0, 0.1) is 11.8 Å². The van der Waals surface area contributed by atoms with Gasteiger partial charge in [0.05, 0.1) is 12.5 Å². The SMILES string of the molecule is O=C(O)C1CC2CCC1N2C(=O)NCC1CCOC1. The summed E-state index contributed by atoms with van der Waals surface area (Å²) < 4.78 is 5.28. The third kappa shape index (κ3) is 2.29.